The number of aromatic nitrogens is 4. The summed E-state index contributed by atoms with van der Waals surface area (Å²) in [6, 6.07) is 3.76. The van der Waals surface area contributed by atoms with Crippen molar-refractivity contribution in [3.63, 3.8) is 0 Å². The molecule has 2 aromatic rings. The zero-order valence-corrected chi connectivity index (χ0v) is 15.9. The normalized spacial score (nSPS) is 26.8. The maximum atomic E-state index is 13.4. The number of nitrogens with zero attached hydrogens (tertiary/aromatic N) is 6. The van der Waals surface area contributed by atoms with Crippen LogP contribution in [-0.4, -0.2) is 58.1 Å². The number of carbonyl (C=O) groups is 1. The van der Waals surface area contributed by atoms with Crippen LogP contribution < -0.4 is 15.1 Å². The maximum Gasteiger partial charge on any atom is 0.230 e. The summed E-state index contributed by atoms with van der Waals surface area (Å²) in [5, 5.41) is 3.25. The highest BCUT2D eigenvalue weighted by Gasteiger charge is 2.56. The van der Waals surface area contributed by atoms with Crippen molar-refractivity contribution in [1.29, 1.82) is 0 Å². The van der Waals surface area contributed by atoms with Gasteiger partial charge in [-0.2, -0.15) is 0 Å². The van der Waals surface area contributed by atoms with Crippen LogP contribution in [0.15, 0.2) is 37.1 Å². The zero-order valence-electron chi connectivity index (χ0n) is 15.9. The number of anilines is 2. The van der Waals surface area contributed by atoms with Gasteiger partial charge in [-0.3, -0.25) is 4.79 Å². The van der Waals surface area contributed by atoms with Crippen molar-refractivity contribution >= 4 is 17.7 Å². The van der Waals surface area contributed by atoms with Crippen molar-refractivity contribution in [2.24, 2.45) is 11.3 Å². The quantitative estimate of drug-likeness (QED) is 0.837. The van der Waals surface area contributed by atoms with E-state index >= 15 is 0 Å². The molecule has 1 N–H and O–H groups in total. The van der Waals surface area contributed by atoms with Crippen LogP contribution in [0.3, 0.4) is 0 Å². The first-order valence-corrected chi connectivity index (χ1v) is 10.1. The highest BCUT2D eigenvalue weighted by molar-refractivity contribution is 5.86. The first-order chi connectivity index (χ1) is 13.8. The minimum atomic E-state index is -0.475. The number of amides is 1. The Morgan fingerprint density at radius 3 is 2.82 bits per heavy atom. The van der Waals surface area contributed by atoms with Crippen LogP contribution in [0.2, 0.25) is 0 Å². The van der Waals surface area contributed by atoms with Gasteiger partial charge in [0, 0.05) is 44.8 Å². The van der Waals surface area contributed by atoms with Gasteiger partial charge < -0.3 is 15.1 Å². The first-order valence-electron chi connectivity index (χ1n) is 10.1. The average molecular weight is 379 g/mol. The summed E-state index contributed by atoms with van der Waals surface area (Å²) < 4.78 is 0. The third-order valence-electron chi connectivity index (χ3n) is 6.30. The third kappa shape index (κ3) is 3.06. The van der Waals surface area contributed by atoms with Gasteiger partial charge in [0.05, 0.1) is 11.5 Å². The molecule has 4 heterocycles. The van der Waals surface area contributed by atoms with Crippen LogP contribution in [0.1, 0.15) is 25.7 Å². The molecule has 2 saturated heterocycles. The number of fused-ring (bicyclic) bond motifs is 1. The fraction of sp³-hybridized carbons (Fsp3) is 0.550. The molecule has 146 valence electrons. The van der Waals surface area contributed by atoms with E-state index < -0.39 is 5.41 Å². The summed E-state index contributed by atoms with van der Waals surface area (Å²) in [6.45, 7) is 3.05. The molecule has 3 aliphatic rings. The number of carbonyl (C=O) groups excluding carboxylic acids is 1. The van der Waals surface area contributed by atoms with Gasteiger partial charge in [0.15, 0.2) is 0 Å². The summed E-state index contributed by atoms with van der Waals surface area (Å²) >= 11 is 0. The van der Waals surface area contributed by atoms with Crippen molar-refractivity contribution in [3.8, 4) is 0 Å². The number of hydrogen-bond donors (Lipinski definition) is 1. The van der Waals surface area contributed by atoms with E-state index in [2.05, 4.69) is 35.1 Å². The van der Waals surface area contributed by atoms with Gasteiger partial charge in [-0.25, -0.2) is 19.9 Å². The van der Waals surface area contributed by atoms with Crippen molar-refractivity contribution < 1.29 is 4.79 Å². The standard InChI is InChI=1S/C20H25N7O/c28-18(24-11-15-3-4-15)20-6-1-10-27(19-22-7-2-8-23-19)16(20)12-26(13-20)17-5-9-21-14-25-17/h2,5,7-9,14-16H,1,3-4,6,10-13H2,(H,24,28)/t16-,20-/m0/s1. The van der Waals surface area contributed by atoms with E-state index in [1.54, 1.807) is 24.9 Å². The predicted molar refractivity (Wildman–Crippen MR) is 105 cm³/mol. The monoisotopic (exact) mass is 379 g/mol. The second kappa shape index (κ2) is 7.00. The molecule has 0 bridgehead atoms. The largest absolute Gasteiger partial charge is 0.355 e. The second-order valence-electron chi connectivity index (χ2n) is 8.12. The van der Waals surface area contributed by atoms with Gasteiger partial charge in [-0.1, -0.05) is 0 Å². The Hall–Kier alpha value is -2.77. The molecule has 0 radical (unpaired) electrons. The Kier molecular flexibility index (Phi) is 4.33. The van der Waals surface area contributed by atoms with Gasteiger partial charge >= 0.3 is 0 Å². The van der Waals surface area contributed by atoms with E-state index in [4.69, 9.17) is 0 Å². The van der Waals surface area contributed by atoms with Crippen molar-refractivity contribution in [2.75, 3.05) is 36.0 Å². The lowest BCUT2D eigenvalue weighted by molar-refractivity contribution is -0.131. The van der Waals surface area contributed by atoms with Gasteiger partial charge in [0.1, 0.15) is 12.1 Å². The Bertz CT molecular complexity index is 829. The zero-order chi connectivity index (χ0) is 19.0. The summed E-state index contributed by atoms with van der Waals surface area (Å²) in [5.41, 5.74) is -0.475. The van der Waals surface area contributed by atoms with E-state index in [0.717, 1.165) is 38.3 Å². The van der Waals surface area contributed by atoms with Crippen LogP contribution in [0.5, 0.6) is 0 Å². The molecule has 0 spiro atoms. The van der Waals surface area contributed by atoms with E-state index in [-0.39, 0.29) is 11.9 Å². The lowest BCUT2D eigenvalue weighted by Gasteiger charge is -2.44. The summed E-state index contributed by atoms with van der Waals surface area (Å²) in [7, 11) is 0. The van der Waals surface area contributed by atoms with Crippen molar-refractivity contribution in [2.45, 2.75) is 31.7 Å². The number of hydrogen-bond acceptors (Lipinski definition) is 7. The van der Waals surface area contributed by atoms with Gasteiger partial charge in [-0.15, -0.1) is 0 Å². The smallest absolute Gasteiger partial charge is 0.230 e. The van der Waals surface area contributed by atoms with Crippen LogP contribution in [0, 0.1) is 11.3 Å². The molecular formula is C20H25N7O. The first kappa shape index (κ1) is 17.3. The molecule has 1 amide bonds. The molecule has 1 aliphatic carbocycles. The van der Waals surface area contributed by atoms with Crippen LogP contribution in [-0.2, 0) is 4.79 Å². The predicted octanol–water partition coefficient (Wildman–Crippen LogP) is 1.27. The van der Waals surface area contributed by atoms with Gasteiger partial charge in [0.25, 0.3) is 0 Å². The molecule has 2 aliphatic heterocycles. The molecular weight excluding hydrogens is 354 g/mol. The molecule has 2 aromatic heterocycles. The molecule has 8 nitrogen and oxygen atoms in total. The summed E-state index contributed by atoms with van der Waals surface area (Å²) in [4.78, 5) is 35.3. The lowest BCUT2D eigenvalue weighted by Crippen LogP contribution is -2.59. The van der Waals surface area contributed by atoms with E-state index in [9.17, 15) is 4.79 Å². The topological polar surface area (TPSA) is 87.1 Å². The Morgan fingerprint density at radius 1 is 1.21 bits per heavy atom. The maximum absolute atomic E-state index is 13.4. The van der Waals surface area contributed by atoms with E-state index in [0.29, 0.717) is 18.4 Å². The SMILES string of the molecule is O=C(NCC1CC1)[C@]12CCCN(c3ncccn3)[C@H]1CN(c1ccncn1)C2. The number of piperidine rings is 1. The summed E-state index contributed by atoms with van der Waals surface area (Å²) in [5.74, 6) is 2.40. The highest BCUT2D eigenvalue weighted by atomic mass is 16.2. The molecule has 0 unspecified atom stereocenters. The average Bonchev–Trinajstić information content (AvgIpc) is 3.50. The summed E-state index contributed by atoms with van der Waals surface area (Å²) in [6.07, 6.45) is 11.1. The van der Waals surface area contributed by atoms with Gasteiger partial charge in [0.2, 0.25) is 11.9 Å². The molecule has 2 atom stereocenters. The molecule has 1 saturated carbocycles. The van der Waals surface area contributed by atoms with E-state index in [1.165, 1.54) is 12.8 Å². The highest BCUT2D eigenvalue weighted by Crippen LogP contribution is 2.44. The van der Waals surface area contributed by atoms with Crippen LogP contribution in [0.4, 0.5) is 11.8 Å². The minimum absolute atomic E-state index is 0.0258. The Balaban J connectivity index is 1.47. The Morgan fingerprint density at radius 2 is 2.07 bits per heavy atom. The molecule has 0 aromatic carbocycles. The number of nitrogens with one attached hydrogen (secondary N) is 1. The lowest BCUT2D eigenvalue weighted by atomic mass is 9.74. The molecule has 8 heteroatoms. The second-order valence-corrected chi connectivity index (χ2v) is 8.12. The van der Waals surface area contributed by atoms with Crippen molar-refractivity contribution in [1.82, 2.24) is 25.3 Å². The fourth-order valence-corrected chi connectivity index (χ4v) is 4.65. The van der Waals surface area contributed by atoms with Crippen molar-refractivity contribution in [3.05, 3.63) is 37.1 Å². The van der Waals surface area contributed by atoms with E-state index in [1.807, 2.05) is 12.1 Å². The number of rotatable bonds is 5. The molecule has 3 fully saturated rings. The minimum Gasteiger partial charge on any atom is -0.355 e. The molecule has 28 heavy (non-hydrogen) atoms. The fourth-order valence-electron chi connectivity index (χ4n) is 4.65. The third-order valence-corrected chi connectivity index (χ3v) is 6.30. The van der Waals surface area contributed by atoms with Crippen LogP contribution >= 0.6 is 0 Å². The van der Waals surface area contributed by atoms with Gasteiger partial charge in [-0.05, 0) is 43.7 Å². The molecule has 5 rings (SSSR count). The Labute approximate surface area is 164 Å². The van der Waals surface area contributed by atoms with Crippen LogP contribution in [0.25, 0.3) is 0 Å².